The quantitative estimate of drug-likeness (QED) is 0.470. The molecule has 0 N–H and O–H groups in total. The molecule has 0 aromatic heterocycles. The van der Waals surface area contributed by atoms with Gasteiger partial charge in [-0.3, -0.25) is 0 Å². The normalized spacial score (nSPS) is 8.00. The summed E-state index contributed by atoms with van der Waals surface area (Å²) in [7, 11) is 0. The van der Waals surface area contributed by atoms with Crippen molar-refractivity contribution in [3.63, 3.8) is 0 Å². The predicted octanol–water partition coefficient (Wildman–Crippen LogP) is 3.82. The molecular formula is C14H10NiS2. The third kappa shape index (κ3) is 7.11. The topological polar surface area (TPSA) is 0 Å². The van der Waals surface area contributed by atoms with Crippen molar-refractivity contribution in [1.82, 2.24) is 0 Å². The Hall–Kier alpha value is -0.886. The van der Waals surface area contributed by atoms with Crippen molar-refractivity contribution in [3.05, 3.63) is 71.8 Å². The maximum Gasteiger partial charge on any atom is 2.00 e. The minimum atomic E-state index is 0. The molecule has 0 heterocycles. The van der Waals surface area contributed by atoms with E-state index in [0.29, 0.717) is 0 Å². The molecule has 2 aromatic rings. The number of hydrogen-bond acceptors (Lipinski definition) is 2. The molecule has 0 atom stereocenters. The summed E-state index contributed by atoms with van der Waals surface area (Å²) in [4.78, 5) is 0. The molecule has 0 nitrogen and oxygen atoms in total. The first kappa shape index (κ1) is 16.1. The summed E-state index contributed by atoms with van der Waals surface area (Å²) in [5, 5.41) is 5.22. The Morgan fingerprint density at radius 2 is 0.882 bits per heavy atom. The fourth-order valence-electron chi connectivity index (χ4n) is 1.01. The Morgan fingerprint density at radius 3 is 1.06 bits per heavy atom. The van der Waals surface area contributed by atoms with Crippen molar-refractivity contribution in [1.29, 1.82) is 0 Å². The molecule has 88 valence electrons. The maximum absolute atomic E-state index is 4.57. The molecule has 0 aliphatic heterocycles. The molecule has 3 heteroatoms. The summed E-state index contributed by atoms with van der Waals surface area (Å²) in [5.74, 6) is 0. The van der Waals surface area contributed by atoms with E-state index in [9.17, 15) is 0 Å². The molecule has 0 radical (unpaired) electrons. The van der Waals surface area contributed by atoms with Crippen molar-refractivity contribution in [2.45, 2.75) is 0 Å². The fraction of sp³-hybridized carbons (Fsp3) is 0. The first-order valence-corrected chi connectivity index (χ1v) is 5.55. The monoisotopic (exact) mass is 300 g/mol. The van der Waals surface area contributed by atoms with Gasteiger partial charge in [0.1, 0.15) is 0 Å². The number of rotatable bonds is 2. The van der Waals surface area contributed by atoms with E-state index in [-0.39, 0.29) is 16.5 Å². The molecule has 0 saturated heterocycles. The van der Waals surface area contributed by atoms with Crippen LogP contribution in [0, 0.1) is 0 Å². The molecular weight excluding hydrogens is 291 g/mol. The largest absolute Gasteiger partial charge is 2.00 e. The summed E-state index contributed by atoms with van der Waals surface area (Å²) in [5.41, 5.74) is 1.95. The van der Waals surface area contributed by atoms with Gasteiger partial charge in [0, 0.05) is 0 Å². The Kier molecular flexibility index (Phi) is 9.74. The van der Waals surface area contributed by atoms with Crippen LogP contribution in [-0.4, -0.2) is 10.7 Å². The first-order chi connectivity index (χ1) is 7.86. The van der Waals surface area contributed by atoms with Gasteiger partial charge in [-0.05, 0) is 0 Å². The van der Waals surface area contributed by atoms with Crippen molar-refractivity contribution in [3.8, 4) is 0 Å². The van der Waals surface area contributed by atoms with Crippen LogP contribution in [0.25, 0.3) is 0 Å². The first-order valence-electron chi connectivity index (χ1n) is 4.73. The molecule has 2 aromatic carbocycles. The van der Waals surface area contributed by atoms with E-state index in [1.807, 2.05) is 60.7 Å². The zero-order chi connectivity index (χ0) is 11.6. The number of benzene rings is 2. The van der Waals surface area contributed by atoms with Gasteiger partial charge < -0.3 is 0 Å². The molecule has 0 fully saturated rings. The smallest absolute Gasteiger partial charge is 0.181 e. The Morgan fingerprint density at radius 1 is 0.588 bits per heavy atom. The van der Waals surface area contributed by atoms with Gasteiger partial charge in [-0.15, -0.1) is 35.0 Å². The Bertz CT molecular complexity index is 383. The summed E-state index contributed by atoms with van der Waals surface area (Å²) < 4.78 is 0. The third-order valence-corrected chi connectivity index (χ3v) is 2.25. The summed E-state index contributed by atoms with van der Waals surface area (Å²) >= 11 is 9.14. The minimum absolute atomic E-state index is 0. The number of hydrogen-bond donors (Lipinski definition) is 0. The average molecular weight is 301 g/mol. The zero-order valence-corrected chi connectivity index (χ0v) is 11.5. The van der Waals surface area contributed by atoms with Crippen molar-refractivity contribution in [2.75, 3.05) is 0 Å². The van der Waals surface area contributed by atoms with Crippen LogP contribution in [0.2, 0.25) is 0 Å². The van der Waals surface area contributed by atoms with Gasteiger partial charge in [0.2, 0.25) is 0 Å². The van der Waals surface area contributed by atoms with E-state index in [2.05, 4.69) is 35.2 Å². The molecule has 0 spiro atoms. The van der Waals surface area contributed by atoms with Gasteiger partial charge in [-0.25, -0.2) is 0 Å². The minimum Gasteiger partial charge on any atom is -0.181 e. The molecule has 0 unspecified atom stereocenters. The van der Waals surface area contributed by atoms with Crippen LogP contribution in [-0.2, 0) is 16.5 Å². The van der Waals surface area contributed by atoms with Crippen molar-refractivity contribution >= 4 is 35.2 Å². The summed E-state index contributed by atoms with van der Waals surface area (Å²) in [6.45, 7) is 0. The van der Waals surface area contributed by atoms with Crippen LogP contribution in [0.15, 0.2) is 60.7 Å². The van der Waals surface area contributed by atoms with Gasteiger partial charge >= 0.3 is 16.5 Å². The Labute approximate surface area is 123 Å². The fourth-order valence-corrected chi connectivity index (χ4v) is 1.28. The second-order valence-corrected chi connectivity index (χ2v) is 3.34. The third-order valence-electron chi connectivity index (χ3n) is 1.78. The van der Waals surface area contributed by atoms with Crippen molar-refractivity contribution in [2.24, 2.45) is 0 Å². The van der Waals surface area contributed by atoms with E-state index in [4.69, 9.17) is 0 Å². The number of thiocarbonyl (C=S) groups is 2. The standard InChI is InChI=1S/2C7H5S.Ni/c2*8-6-7-4-2-1-3-5-7;/h2*1-5H;/q2*-1;+2. The SMILES string of the molecule is S=[C-]c1ccccc1.S=[C-]c1ccccc1.[Ni+2]. The van der Waals surface area contributed by atoms with Crippen LogP contribution in [0.4, 0.5) is 0 Å². The maximum atomic E-state index is 4.57. The van der Waals surface area contributed by atoms with Crippen molar-refractivity contribution < 1.29 is 16.5 Å². The molecule has 0 saturated carbocycles. The molecule has 17 heavy (non-hydrogen) atoms. The molecule has 0 amide bonds. The molecule has 0 aliphatic rings. The van der Waals surface area contributed by atoms with Crippen LogP contribution >= 0.6 is 24.4 Å². The van der Waals surface area contributed by atoms with Crippen LogP contribution in [0.1, 0.15) is 11.1 Å². The van der Waals surface area contributed by atoms with E-state index in [1.54, 1.807) is 0 Å². The molecule has 0 aliphatic carbocycles. The summed E-state index contributed by atoms with van der Waals surface area (Å²) in [6, 6.07) is 19.4. The van der Waals surface area contributed by atoms with Gasteiger partial charge in [-0.1, -0.05) is 12.1 Å². The molecule has 2 rings (SSSR count). The van der Waals surface area contributed by atoms with Crippen LogP contribution < -0.4 is 0 Å². The second-order valence-electron chi connectivity index (χ2n) is 2.94. The second kappa shape index (κ2) is 10.3. The van der Waals surface area contributed by atoms with Gasteiger partial charge in [0.15, 0.2) is 0 Å². The predicted molar refractivity (Wildman–Crippen MR) is 76.3 cm³/mol. The Balaban J connectivity index is 0.000000284. The van der Waals surface area contributed by atoms with E-state index < -0.39 is 0 Å². The summed E-state index contributed by atoms with van der Waals surface area (Å²) in [6.07, 6.45) is 0. The van der Waals surface area contributed by atoms with E-state index in [0.717, 1.165) is 11.1 Å². The van der Waals surface area contributed by atoms with E-state index in [1.165, 1.54) is 0 Å². The van der Waals surface area contributed by atoms with Gasteiger partial charge in [0.05, 0.1) is 0 Å². The van der Waals surface area contributed by atoms with Crippen LogP contribution in [0.3, 0.4) is 0 Å². The van der Waals surface area contributed by atoms with Gasteiger partial charge in [0.25, 0.3) is 0 Å². The zero-order valence-electron chi connectivity index (χ0n) is 8.91. The molecule has 0 bridgehead atoms. The van der Waals surface area contributed by atoms with Crippen LogP contribution in [0.5, 0.6) is 0 Å². The van der Waals surface area contributed by atoms with E-state index >= 15 is 0 Å². The average Bonchev–Trinajstić information content (AvgIpc) is 2.41. The van der Waals surface area contributed by atoms with Gasteiger partial charge in [-0.2, -0.15) is 59.8 Å².